The summed E-state index contributed by atoms with van der Waals surface area (Å²) in [5.74, 6) is -0.835. The lowest BCUT2D eigenvalue weighted by Gasteiger charge is -2.34. The van der Waals surface area contributed by atoms with Gasteiger partial charge in [-0.1, -0.05) is 30.3 Å². The highest BCUT2D eigenvalue weighted by Gasteiger charge is 2.44. The zero-order chi connectivity index (χ0) is 25.7. The molecule has 8 nitrogen and oxygen atoms in total. The van der Waals surface area contributed by atoms with Crippen LogP contribution in [0.25, 0.3) is 0 Å². The van der Waals surface area contributed by atoms with Crippen molar-refractivity contribution in [2.75, 3.05) is 25.6 Å². The highest BCUT2D eigenvalue weighted by molar-refractivity contribution is 5.98. The number of aromatic nitrogens is 1. The Kier molecular flexibility index (Phi) is 8.30. The van der Waals surface area contributed by atoms with E-state index in [1.54, 1.807) is 4.90 Å². The summed E-state index contributed by atoms with van der Waals surface area (Å²) in [5, 5.41) is 2.83. The molecule has 0 spiro atoms. The molecule has 2 fully saturated rings. The fourth-order valence-corrected chi connectivity index (χ4v) is 5.47. The van der Waals surface area contributed by atoms with Gasteiger partial charge in [-0.3, -0.25) is 9.59 Å². The molecule has 0 radical (unpaired) electrons. The van der Waals surface area contributed by atoms with Crippen LogP contribution in [-0.4, -0.2) is 60.1 Å². The van der Waals surface area contributed by atoms with Crippen molar-refractivity contribution in [1.29, 1.82) is 0 Å². The number of nitrogens with two attached hydrogens (primary N) is 1. The predicted molar refractivity (Wildman–Crippen MR) is 133 cm³/mol. The molecular formula is C27H33FN4O4. The molecule has 1 aromatic heterocycles. The molecule has 1 unspecified atom stereocenters. The molecule has 2 aromatic rings. The van der Waals surface area contributed by atoms with Gasteiger partial charge in [0.05, 0.1) is 12.7 Å². The van der Waals surface area contributed by atoms with Crippen LogP contribution in [0.15, 0.2) is 48.7 Å². The molecule has 192 valence electrons. The Hall–Kier alpha value is -3.33. The summed E-state index contributed by atoms with van der Waals surface area (Å²) in [7, 11) is 1.29. The van der Waals surface area contributed by atoms with Crippen molar-refractivity contribution >= 4 is 23.6 Å². The lowest BCUT2D eigenvalue weighted by molar-refractivity contribution is -0.141. The summed E-state index contributed by atoms with van der Waals surface area (Å²) < 4.78 is 17.7. The number of methoxy groups -OCH3 is 1. The number of pyridine rings is 1. The molecule has 3 atom stereocenters. The standard InChI is InChI=1S/C27H33FN4O4/c1-36-27(35)20-11-12-23(30-16-20)31-25(33)24-21(17-5-3-2-4-6-17)13-14-32(24)26(34)19-9-7-18(8-10-19)22(29)15-28/h2-6,11-12,16,18-19,21-22,24H,7-10,13-15,29H2,1H3,(H,30,31,33)/t18-,19-,21-,22?,24+/m1/s1. The zero-order valence-electron chi connectivity index (χ0n) is 20.4. The van der Waals surface area contributed by atoms with Crippen LogP contribution in [-0.2, 0) is 14.3 Å². The van der Waals surface area contributed by atoms with Gasteiger partial charge < -0.3 is 20.7 Å². The van der Waals surface area contributed by atoms with Gasteiger partial charge in [-0.05, 0) is 55.7 Å². The SMILES string of the molecule is COC(=O)c1ccc(NC(=O)[C@@H]2[C@@H](c3ccccc3)CCN2C(=O)[C@H]2CC[C@H](C(N)CF)CC2)nc1. The number of hydrogen-bond acceptors (Lipinski definition) is 6. The Morgan fingerprint density at radius 2 is 1.83 bits per heavy atom. The van der Waals surface area contributed by atoms with E-state index in [0.29, 0.717) is 44.5 Å². The number of esters is 1. The zero-order valence-corrected chi connectivity index (χ0v) is 20.4. The minimum Gasteiger partial charge on any atom is -0.465 e. The summed E-state index contributed by atoms with van der Waals surface area (Å²) in [6, 6.07) is 11.6. The maximum absolute atomic E-state index is 13.6. The van der Waals surface area contributed by atoms with E-state index in [4.69, 9.17) is 5.73 Å². The van der Waals surface area contributed by atoms with Gasteiger partial charge in [0.25, 0.3) is 0 Å². The van der Waals surface area contributed by atoms with Crippen molar-refractivity contribution < 1.29 is 23.5 Å². The van der Waals surface area contributed by atoms with Gasteiger partial charge in [0.2, 0.25) is 11.8 Å². The van der Waals surface area contributed by atoms with Crippen molar-refractivity contribution in [3.8, 4) is 0 Å². The number of nitrogens with one attached hydrogen (secondary N) is 1. The minimum absolute atomic E-state index is 0.0325. The average molecular weight is 497 g/mol. The molecule has 2 amide bonds. The number of alkyl halides is 1. The minimum atomic E-state index is -0.687. The van der Waals surface area contributed by atoms with Crippen LogP contribution in [0.5, 0.6) is 0 Å². The summed E-state index contributed by atoms with van der Waals surface area (Å²) in [6.07, 6.45) is 4.73. The molecule has 36 heavy (non-hydrogen) atoms. The van der Waals surface area contributed by atoms with E-state index in [2.05, 4.69) is 15.0 Å². The predicted octanol–water partition coefficient (Wildman–Crippen LogP) is 3.29. The molecule has 4 rings (SSSR count). The Morgan fingerprint density at radius 3 is 2.44 bits per heavy atom. The maximum atomic E-state index is 13.6. The number of anilines is 1. The van der Waals surface area contributed by atoms with E-state index in [1.165, 1.54) is 25.4 Å². The number of benzene rings is 1. The van der Waals surface area contributed by atoms with Crippen LogP contribution < -0.4 is 11.1 Å². The molecule has 0 bridgehead atoms. The van der Waals surface area contributed by atoms with Crippen molar-refractivity contribution in [3.05, 3.63) is 59.8 Å². The van der Waals surface area contributed by atoms with Gasteiger partial charge in [0.1, 0.15) is 18.5 Å². The van der Waals surface area contributed by atoms with Gasteiger partial charge in [0, 0.05) is 30.6 Å². The van der Waals surface area contributed by atoms with Crippen LogP contribution in [0.1, 0.15) is 53.9 Å². The first-order valence-electron chi connectivity index (χ1n) is 12.4. The van der Waals surface area contributed by atoms with Crippen molar-refractivity contribution in [2.45, 2.75) is 50.1 Å². The van der Waals surface area contributed by atoms with Crippen molar-refractivity contribution in [3.63, 3.8) is 0 Å². The number of nitrogens with zero attached hydrogens (tertiary/aromatic N) is 2. The maximum Gasteiger partial charge on any atom is 0.339 e. The normalized spacial score (nSPS) is 24.7. The molecule has 9 heteroatoms. The molecular weight excluding hydrogens is 463 g/mol. The lowest BCUT2D eigenvalue weighted by atomic mass is 9.78. The quantitative estimate of drug-likeness (QED) is 0.569. The highest BCUT2D eigenvalue weighted by atomic mass is 19.1. The number of carbonyl (C=O) groups excluding carboxylic acids is 3. The fraction of sp³-hybridized carbons (Fsp3) is 0.481. The first kappa shape index (κ1) is 25.8. The fourth-order valence-electron chi connectivity index (χ4n) is 5.47. The van der Waals surface area contributed by atoms with E-state index in [-0.39, 0.29) is 35.1 Å². The smallest absolute Gasteiger partial charge is 0.339 e. The summed E-state index contributed by atoms with van der Waals surface area (Å²) >= 11 is 0. The monoisotopic (exact) mass is 496 g/mol. The Labute approximate surface area is 210 Å². The summed E-state index contributed by atoms with van der Waals surface area (Å²) in [4.78, 5) is 44.7. The molecule has 1 saturated carbocycles. The number of carbonyl (C=O) groups is 3. The van der Waals surface area contributed by atoms with Crippen LogP contribution in [0.2, 0.25) is 0 Å². The molecule has 2 aliphatic rings. The van der Waals surface area contributed by atoms with Gasteiger partial charge >= 0.3 is 5.97 Å². The number of halogens is 1. The van der Waals surface area contributed by atoms with Crippen LogP contribution in [0, 0.1) is 11.8 Å². The third-order valence-electron chi connectivity index (χ3n) is 7.52. The first-order valence-corrected chi connectivity index (χ1v) is 12.4. The van der Waals surface area contributed by atoms with E-state index in [1.807, 2.05) is 30.3 Å². The van der Waals surface area contributed by atoms with Crippen LogP contribution in [0.3, 0.4) is 0 Å². The van der Waals surface area contributed by atoms with E-state index in [0.717, 1.165) is 5.56 Å². The Balaban J connectivity index is 1.52. The second-order valence-electron chi connectivity index (χ2n) is 9.63. The van der Waals surface area contributed by atoms with Gasteiger partial charge in [-0.2, -0.15) is 0 Å². The number of hydrogen-bond donors (Lipinski definition) is 2. The first-order chi connectivity index (χ1) is 17.4. The number of likely N-dealkylation sites (tertiary alicyclic amines) is 1. The summed E-state index contributed by atoms with van der Waals surface area (Å²) in [6.45, 7) is -0.0693. The third-order valence-corrected chi connectivity index (χ3v) is 7.52. The lowest BCUT2D eigenvalue weighted by Crippen LogP contribution is -2.48. The molecule has 1 aromatic carbocycles. The molecule has 1 aliphatic carbocycles. The van der Waals surface area contributed by atoms with Gasteiger partial charge in [-0.25, -0.2) is 14.2 Å². The van der Waals surface area contributed by atoms with E-state index < -0.39 is 24.7 Å². The second kappa shape index (κ2) is 11.6. The average Bonchev–Trinajstić information content (AvgIpc) is 3.38. The molecule has 3 N–H and O–H groups in total. The number of amides is 2. The van der Waals surface area contributed by atoms with Crippen LogP contribution >= 0.6 is 0 Å². The number of rotatable bonds is 7. The Bertz CT molecular complexity index is 1060. The summed E-state index contributed by atoms with van der Waals surface area (Å²) in [5.41, 5.74) is 7.16. The topological polar surface area (TPSA) is 115 Å². The van der Waals surface area contributed by atoms with Crippen molar-refractivity contribution in [2.24, 2.45) is 17.6 Å². The largest absolute Gasteiger partial charge is 0.465 e. The van der Waals surface area contributed by atoms with Crippen molar-refractivity contribution in [1.82, 2.24) is 9.88 Å². The van der Waals surface area contributed by atoms with E-state index >= 15 is 0 Å². The van der Waals surface area contributed by atoms with Crippen LogP contribution in [0.4, 0.5) is 10.2 Å². The Morgan fingerprint density at radius 1 is 1.11 bits per heavy atom. The van der Waals surface area contributed by atoms with E-state index in [9.17, 15) is 18.8 Å². The number of ether oxygens (including phenoxy) is 1. The highest BCUT2D eigenvalue weighted by Crippen LogP contribution is 2.38. The second-order valence-corrected chi connectivity index (χ2v) is 9.63. The molecule has 2 heterocycles. The third kappa shape index (κ3) is 5.56. The van der Waals surface area contributed by atoms with Gasteiger partial charge in [-0.15, -0.1) is 0 Å². The van der Waals surface area contributed by atoms with Gasteiger partial charge in [0.15, 0.2) is 0 Å². The molecule has 1 aliphatic heterocycles. The molecule has 1 saturated heterocycles.